The second kappa shape index (κ2) is 8.64. The van der Waals surface area contributed by atoms with Crippen LogP contribution in [0.25, 0.3) is 11.1 Å². The number of hydrogen-bond donors (Lipinski definition) is 1. The summed E-state index contributed by atoms with van der Waals surface area (Å²) in [5, 5.41) is 14.1. The summed E-state index contributed by atoms with van der Waals surface area (Å²) in [5.74, 6) is -0.918. The minimum absolute atomic E-state index is 0.309. The van der Waals surface area contributed by atoms with E-state index in [4.69, 9.17) is 9.84 Å². The molecule has 0 aliphatic carbocycles. The van der Waals surface area contributed by atoms with E-state index in [9.17, 15) is 9.90 Å². The zero-order valence-corrected chi connectivity index (χ0v) is 15.7. The molecule has 0 fully saturated rings. The normalized spacial score (nSPS) is 10.9. The number of carboxylic acid groups (broad SMARTS) is 1. The van der Waals surface area contributed by atoms with Gasteiger partial charge in [0.15, 0.2) is 0 Å². The fourth-order valence-electron chi connectivity index (χ4n) is 3.18. The SMILES string of the molecule is CCCc1cc(COC)n(Cc2ccc(-c3ccccc3C(=O)O)cc2)n1. The number of benzene rings is 2. The van der Waals surface area contributed by atoms with E-state index in [1.807, 2.05) is 41.1 Å². The Morgan fingerprint density at radius 1 is 1.15 bits per heavy atom. The molecule has 3 aromatic rings. The molecule has 2 aromatic carbocycles. The van der Waals surface area contributed by atoms with E-state index in [-0.39, 0.29) is 0 Å². The van der Waals surface area contributed by atoms with Crippen LogP contribution in [0.5, 0.6) is 0 Å². The molecule has 0 saturated carbocycles. The lowest BCUT2D eigenvalue weighted by Crippen LogP contribution is -2.07. The van der Waals surface area contributed by atoms with Crippen molar-refractivity contribution < 1.29 is 14.6 Å². The van der Waals surface area contributed by atoms with Crippen molar-refractivity contribution in [2.24, 2.45) is 0 Å². The third-order valence-corrected chi connectivity index (χ3v) is 4.47. The van der Waals surface area contributed by atoms with Crippen molar-refractivity contribution in [2.45, 2.75) is 32.9 Å². The summed E-state index contributed by atoms with van der Waals surface area (Å²) in [6, 6.07) is 17.1. The molecule has 0 aliphatic rings. The molecule has 0 amide bonds. The quantitative estimate of drug-likeness (QED) is 0.644. The first kappa shape index (κ1) is 18.9. The Kier molecular flexibility index (Phi) is 6.04. The van der Waals surface area contributed by atoms with Crippen LogP contribution in [0.2, 0.25) is 0 Å². The summed E-state index contributed by atoms with van der Waals surface area (Å²) >= 11 is 0. The second-order valence-electron chi connectivity index (χ2n) is 6.52. The van der Waals surface area contributed by atoms with Crippen molar-refractivity contribution in [3.05, 3.63) is 77.1 Å². The van der Waals surface area contributed by atoms with Gasteiger partial charge in [0, 0.05) is 7.11 Å². The van der Waals surface area contributed by atoms with Crippen LogP contribution < -0.4 is 0 Å². The van der Waals surface area contributed by atoms with Gasteiger partial charge in [-0.2, -0.15) is 5.10 Å². The molecule has 0 atom stereocenters. The average molecular weight is 364 g/mol. The Hall–Kier alpha value is -2.92. The van der Waals surface area contributed by atoms with E-state index in [2.05, 4.69) is 13.0 Å². The lowest BCUT2D eigenvalue weighted by Gasteiger charge is -2.09. The van der Waals surface area contributed by atoms with Crippen LogP contribution in [0.1, 0.15) is 40.7 Å². The highest BCUT2D eigenvalue weighted by Crippen LogP contribution is 2.24. The van der Waals surface area contributed by atoms with E-state index < -0.39 is 5.97 Å². The predicted molar refractivity (Wildman–Crippen MR) is 105 cm³/mol. The van der Waals surface area contributed by atoms with Crippen molar-refractivity contribution >= 4 is 5.97 Å². The molecular formula is C22H24N2O3. The third kappa shape index (κ3) is 4.44. The topological polar surface area (TPSA) is 64.3 Å². The minimum atomic E-state index is -0.918. The van der Waals surface area contributed by atoms with Crippen LogP contribution in [-0.2, 0) is 24.3 Å². The summed E-state index contributed by atoms with van der Waals surface area (Å²) in [5.41, 5.74) is 5.17. The Balaban J connectivity index is 1.84. The molecule has 1 aromatic heterocycles. The molecule has 27 heavy (non-hydrogen) atoms. The van der Waals surface area contributed by atoms with Gasteiger partial charge in [0.25, 0.3) is 0 Å². The van der Waals surface area contributed by atoms with Crippen molar-refractivity contribution in [3.8, 4) is 11.1 Å². The summed E-state index contributed by atoms with van der Waals surface area (Å²) in [7, 11) is 1.69. The van der Waals surface area contributed by atoms with E-state index in [1.54, 1.807) is 19.2 Å². The van der Waals surface area contributed by atoms with E-state index in [0.717, 1.165) is 40.9 Å². The number of nitrogens with zero attached hydrogens (tertiary/aromatic N) is 2. The highest BCUT2D eigenvalue weighted by Gasteiger charge is 2.11. The smallest absolute Gasteiger partial charge is 0.336 e. The molecule has 0 bridgehead atoms. The number of hydrogen-bond acceptors (Lipinski definition) is 3. The fraction of sp³-hybridized carbons (Fsp3) is 0.273. The fourth-order valence-corrected chi connectivity index (χ4v) is 3.18. The number of rotatable bonds is 8. The van der Waals surface area contributed by atoms with Crippen molar-refractivity contribution in [3.63, 3.8) is 0 Å². The molecule has 0 spiro atoms. The molecule has 0 saturated heterocycles. The van der Waals surface area contributed by atoms with E-state index >= 15 is 0 Å². The molecule has 3 rings (SSSR count). The molecule has 0 unspecified atom stereocenters. The van der Waals surface area contributed by atoms with Gasteiger partial charge in [-0.05, 0) is 35.2 Å². The number of methoxy groups -OCH3 is 1. The van der Waals surface area contributed by atoms with E-state index in [0.29, 0.717) is 18.7 Å². The van der Waals surface area contributed by atoms with Crippen LogP contribution in [0.15, 0.2) is 54.6 Å². The Labute approximate surface area is 159 Å². The van der Waals surface area contributed by atoms with Gasteiger partial charge >= 0.3 is 5.97 Å². The number of aryl methyl sites for hydroxylation is 1. The number of carboxylic acids is 1. The van der Waals surface area contributed by atoms with Crippen molar-refractivity contribution in [1.82, 2.24) is 9.78 Å². The molecule has 5 nitrogen and oxygen atoms in total. The standard InChI is InChI=1S/C22H24N2O3/c1-3-6-18-13-19(15-27-2)24(23-18)14-16-9-11-17(12-10-16)20-7-4-5-8-21(20)22(25)26/h4-5,7-13H,3,6,14-15H2,1-2H3,(H,25,26). The monoisotopic (exact) mass is 364 g/mol. The summed E-state index contributed by atoms with van der Waals surface area (Å²) in [6.45, 7) is 3.33. The van der Waals surface area contributed by atoms with Gasteiger partial charge in [-0.15, -0.1) is 0 Å². The van der Waals surface area contributed by atoms with Crippen molar-refractivity contribution in [1.29, 1.82) is 0 Å². The molecule has 5 heteroatoms. The van der Waals surface area contributed by atoms with Gasteiger partial charge in [0.1, 0.15) is 0 Å². The maximum Gasteiger partial charge on any atom is 0.336 e. The summed E-state index contributed by atoms with van der Waals surface area (Å²) in [4.78, 5) is 11.4. The van der Waals surface area contributed by atoms with Gasteiger partial charge in [-0.1, -0.05) is 55.8 Å². The zero-order chi connectivity index (χ0) is 19.2. The number of aromatic nitrogens is 2. The maximum absolute atomic E-state index is 11.4. The maximum atomic E-state index is 11.4. The lowest BCUT2D eigenvalue weighted by atomic mass is 9.99. The number of ether oxygens (including phenoxy) is 1. The average Bonchev–Trinajstić information content (AvgIpc) is 3.04. The van der Waals surface area contributed by atoms with Gasteiger partial charge < -0.3 is 9.84 Å². The van der Waals surface area contributed by atoms with Gasteiger partial charge in [-0.3, -0.25) is 4.68 Å². The van der Waals surface area contributed by atoms with Crippen LogP contribution in [0.3, 0.4) is 0 Å². The molecule has 140 valence electrons. The number of aromatic carboxylic acids is 1. The third-order valence-electron chi connectivity index (χ3n) is 4.47. The first-order chi connectivity index (χ1) is 13.1. The largest absolute Gasteiger partial charge is 0.478 e. The minimum Gasteiger partial charge on any atom is -0.478 e. The van der Waals surface area contributed by atoms with Gasteiger partial charge in [-0.25, -0.2) is 4.79 Å². The predicted octanol–water partition coefficient (Wildman–Crippen LogP) is 4.40. The highest BCUT2D eigenvalue weighted by molar-refractivity contribution is 5.95. The molecule has 0 aliphatic heterocycles. The van der Waals surface area contributed by atoms with Crippen LogP contribution >= 0.6 is 0 Å². The molecule has 1 N–H and O–H groups in total. The van der Waals surface area contributed by atoms with E-state index in [1.165, 1.54) is 0 Å². The first-order valence-corrected chi connectivity index (χ1v) is 9.08. The Bertz CT molecular complexity index is 914. The molecular weight excluding hydrogens is 340 g/mol. The van der Waals surface area contributed by atoms with Crippen molar-refractivity contribution in [2.75, 3.05) is 7.11 Å². The van der Waals surface area contributed by atoms with Gasteiger partial charge in [0.05, 0.1) is 30.1 Å². The van der Waals surface area contributed by atoms with Crippen LogP contribution in [-0.4, -0.2) is 28.0 Å². The Morgan fingerprint density at radius 2 is 1.89 bits per heavy atom. The summed E-state index contributed by atoms with van der Waals surface area (Å²) < 4.78 is 7.27. The molecule has 0 radical (unpaired) electrons. The number of carbonyl (C=O) groups is 1. The van der Waals surface area contributed by atoms with Crippen LogP contribution in [0.4, 0.5) is 0 Å². The van der Waals surface area contributed by atoms with Gasteiger partial charge in [0.2, 0.25) is 0 Å². The lowest BCUT2D eigenvalue weighted by molar-refractivity contribution is 0.0697. The Morgan fingerprint density at radius 3 is 2.56 bits per heavy atom. The second-order valence-corrected chi connectivity index (χ2v) is 6.52. The zero-order valence-electron chi connectivity index (χ0n) is 15.7. The van der Waals surface area contributed by atoms with Crippen LogP contribution in [0, 0.1) is 0 Å². The highest BCUT2D eigenvalue weighted by atomic mass is 16.5. The first-order valence-electron chi connectivity index (χ1n) is 9.08. The molecule has 1 heterocycles. The summed E-state index contributed by atoms with van der Waals surface area (Å²) in [6.07, 6.45) is 2.01.